The van der Waals surface area contributed by atoms with Gasteiger partial charge in [-0.3, -0.25) is 0 Å². The zero-order valence-electron chi connectivity index (χ0n) is 10.7. The molecule has 0 radical (unpaired) electrons. The van der Waals surface area contributed by atoms with Crippen LogP contribution in [0.15, 0.2) is 0 Å². The predicted octanol–water partition coefficient (Wildman–Crippen LogP) is 1.66. The Kier molecular flexibility index (Phi) is 3.57. The highest BCUT2D eigenvalue weighted by Gasteiger charge is 2.37. The second kappa shape index (κ2) is 4.63. The maximum absolute atomic E-state index is 6.17. The summed E-state index contributed by atoms with van der Waals surface area (Å²) in [5, 5.41) is 3.58. The summed E-state index contributed by atoms with van der Waals surface area (Å²) in [6.45, 7) is 7.46. The Morgan fingerprint density at radius 3 is 2.62 bits per heavy atom. The molecule has 2 rings (SSSR count). The molecule has 3 unspecified atom stereocenters. The summed E-state index contributed by atoms with van der Waals surface area (Å²) in [6, 6.07) is 0.373. The van der Waals surface area contributed by atoms with Crippen LogP contribution in [0.4, 0.5) is 0 Å². The van der Waals surface area contributed by atoms with Gasteiger partial charge < -0.3 is 15.8 Å². The normalized spacial score (nSPS) is 44.1. The van der Waals surface area contributed by atoms with Crippen LogP contribution < -0.4 is 11.1 Å². The zero-order valence-corrected chi connectivity index (χ0v) is 10.7. The van der Waals surface area contributed by atoms with Gasteiger partial charge in [0.25, 0.3) is 0 Å². The molecule has 2 aliphatic rings. The highest BCUT2D eigenvalue weighted by Crippen LogP contribution is 2.36. The lowest BCUT2D eigenvalue weighted by molar-refractivity contribution is 0.0188. The highest BCUT2D eigenvalue weighted by molar-refractivity contribution is 4.94. The fourth-order valence-electron chi connectivity index (χ4n) is 3.07. The minimum absolute atomic E-state index is 0.0685. The third-order valence-electron chi connectivity index (χ3n) is 4.49. The van der Waals surface area contributed by atoms with E-state index in [2.05, 4.69) is 19.2 Å². The first-order valence-corrected chi connectivity index (χ1v) is 6.64. The standard InChI is InChI=1S/C13H26N2O/c1-12(6-3-5-11(12)14)9-15-10-13(2)7-4-8-16-13/h11,15H,3-10,14H2,1-2H3. The fourth-order valence-corrected chi connectivity index (χ4v) is 3.07. The third-order valence-corrected chi connectivity index (χ3v) is 4.49. The topological polar surface area (TPSA) is 47.3 Å². The molecule has 3 nitrogen and oxygen atoms in total. The average molecular weight is 226 g/mol. The number of nitrogens with one attached hydrogen (secondary N) is 1. The summed E-state index contributed by atoms with van der Waals surface area (Å²) < 4.78 is 5.77. The molecule has 3 atom stereocenters. The minimum atomic E-state index is 0.0685. The van der Waals surface area contributed by atoms with Crippen LogP contribution in [-0.4, -0.2) is 31.3 Å². The van der Waals surface area contributed by atoms with Gasteiger partial charge in [-0.15, -0.1) is 0 Å². The van der Waals surface area contributed by atoms with Crippen molar-refractivity contribution < 1.29 is 4.74 Å². The van der Waals surface area contributed by atoms with Crippen LogP contribution >= 0.6 is 0 Å². The van der Waals surface area contributed by atoms with Crippen molar-refractivity contribution in [1.82, 2.24) is 5.32 Å². The van der Waals surface area contributed by atoms with Crippen molar-refractivity contribution in [2.75, 3.05) is 19.7 Å². The van der Waals surface area contributed by atoms with Gasteiger partial charge in [0.15, 0.2) is 0 Å². The maximum Gasteiger partial charge on any atom is 0.0779 e. The second-order valence-electron chi connectivity index (χ2n) is 6.16. The molecule has 1 saturated carbocycles. The molecular weight excluding hydrogens is 200 g/mol. The van der Waals surface area contributed by atoms with Gasteiger partial charge in [-0.2, -0.15) is 0 Å². The summed E-state index contributed by atoms with van der Waals surface area (Å²) in [4.78, 5) is 0. The van der Waals surface area contributed by atoms with E-state index in [1.54, 1.807) is 0 Å². The largest absolute Gasteiger partial charge is 0.374 e. The van der Waals surface area contributed by atoms with Crippen LogP contribution in [0.2, 0.25) is 0 Å². The molecule has 2 fully saturated rings. The number of nitrogens with two attached hydrogens (primary N) is 1. The monoisotopic (exact) mass is 226 g/mol. The van der Waals surface area contributed by atoms with Crippen molar-refractivity contribution in [3.63, 3.8) is 0 Å². The molecule has 1 heterocycles. The van der Waals surface area contributed by atoms with Gasteiger partial charge in [-0.25, -0.2) is 0 Å². The van der Waals surface area contributed by atoms with Crippen molar-refractivity contribution >= 4 is 0 Å². The predicted molar refractivity (Wildman–Crippen MR) is 66.4 cm³/mol. The average Bonchev–Trinajstić information content (AvgIpc) is 2.77. The van der Waals surface area contributed by atoms with E-state index in [0.29, 0.717) is 11.5 Å². The first kappa shape index (κ1) is 12.3. The first-order valence-electron chi connectivity index (χ1n) is 6.64. The van der Waals surface area contributed by atoms with Crippen LogP contribution in [0.3, 0.4) is 0 Å². The Labute approximate surface area is 99.1 Å². The highest BCUT2D eigenvalue weighted by atomic mass is 16.5. The van der Waals surface area contributed by atoms with Gasteiger partial charge >= 0.3 is 0 Å². The summed E-state index contributed by atoms with van der Waals surface area (Å²) in [6.07, 6.45) is 6.12. The molecule has 3 N–H and O–H groups in total. The van der Waals surface area contributed by atoms with E-state index in [4.69, 9.17) is 10.5 Å². The van der Waals surface area contributed by atoms with Crippen molar-refractivity contribution in [3.8, 4) is 0 Å². The molecule has 16 heavy (non-hydrogen) atoms. The Morgan fingerprint density at radius 1 is 1.25 bits per heavy atom. The van der Waals surface area contributed by atoms with Crippen molar-refractivity contribution in [3.05, 3.63) is 0 Å². The van der Waals surface area contributed by atoms with Crippen LogP contribution in [0.1, 0.15) is 46.0 Å². The molecule has 0 bridgehead atoms. The Balaban J connectivity index is 1.75. The summed E-state index contributed by atoms with van der Waals surface area (Å²) in [5.74, 6) is 0. The number of hydrogen-bond donors (Lipinski definition) is 2. The molecule has 94 valence electrons. The maximum atomic E-state index is 6.17. The number of rotatable bonds is 4. The van der Waals surface area contributed by atoms with E-state index in [9.17, 15) is 0 Å². The van der Waals surface area contributed by atoms with Gasteiger partial charge in [0.1, 0.15) is 0 Å². The molecule has 0 aromatic carbocycles. The van der Waals surface area contributed by atoms with E-state index in [1.807, 2.05) is 0 Å². The minimum Gasteiger partial charge on any atom is -0.374 e. The van der Waals surface area contributed by atoms with Gasteiger partial charge in [0.05, 0.1) is 5.60 Å². The summed E-state index contributed by atoms with van der Waals surface area (Å²) in [7, 11) is 0. The van der Waals surface area contributed by atoms with Gasteiger partial charge in [0.2, 0.25) is 0 Å². The summed E-state index contributed by atoms with van der Waals surface area (Å²) >= 11 is 0. The molecule has 0 spiro atoms. The molecule has 3 heteroatoms. The zero-order chi connectivity index (χ0) is 11.6. The number of hydrogen-bond acceptors (Lipinski definition) is 3. The molecule has 1 saturated heterocycles. The van der Waals surface area contributed by atoms with E-state index in [0.717, 1.165) is 19.7 Å². The van der Waals surface area contributed by atoms with Crippen LogP contribution in [0.5, 0.6) is 0 Å². The Morgan fingerprint density at radius 2 is 2.06 bits per heavy atom. The lowest BCUT2D eigenvalue weighted by Crippen LogP contribution is -2.46. The van der Waals surface area contributed by atoms with Crippen LogP contribution in [0.25, 0.3) is 0 Å². The Hall–Kier alpha value is -0.120. The molecule has 0 aromatic rings. The van der Waals surface area contributed by atoms with E-state index < -0.39 is 0 Å². The smallest absolute Gasteiger partial charge is 0.0779 e. The van der Waals surface area contributed by atoms with Gasteiger partial charge in [-0.05, 0) is 38.0 Å². The van der Waals surface area contributed by atoms with Gasteiger partial charge in [-0.1, -0.05) is 13.3 Å². The van der Waals surface area contributed by atoms with Gasteiger partial charge in [0, 0.05) is 25.7 Å². The third kappa shape index (κ3) is 2.58. The van der Waals surface area contributed by atoms with E-state index in [-0.39, 0.29) is 5.60 Å². The SMILES string of the molecule is CC1(CNCC2(C)CCCC2N)CCCO1. The van der Waals surface area contributed by atoms with Crippen molar-refractivity contribution in [2.45, 2.75) is 57.6 Å². The molecule has 0 aromatic heterocycles. The lowest BCUT2D eigenvalue weighted by atomic mass is 9.85. The van der Waals surface area contributed by atoms with Crippen LogP contribution in [0, 0.1) is 5.41 Å². The number of ether oxygens (including phenoxy) is 1. The fraction of sp³-hybridized carbons (Fsp3) is 1.00. The molecule has 1 aliphatic carbocycles. The molecular formula is C13H26N2O. The summed E-state index contributed by atoms with van der Waals surface area (Å²) in [5.41, 5.74) is 6.54. The Bertz CT molecular complexity index is 238. The van der Waals surface area contributed by atoms with Crippen molar-refractivity contribution in [2.24, 2.45) is 11.1 Å². The first-order chi connectivity index (χ1) is 7.54. The van der Waals surface area contributed by atoms with Crippen LogP contribution in [-0.2, 0) is 4.74 Å². The van der Waals surface area contributed by atoms with Crippen molar-refractivity contribution in [1.29, 1.82) is 0 Å². The quantitative estimate of drug-likeness (QED) is 0.766. The van der Waals surface area contributed by atoms with E-state index in [1.165, 1.54) is 32.1 Å². The molecule has 1 aliphatic heterocycles. The lowest BCUT2D eigenvalue weighted by Gasteiger charge is -2.32. The van der Waals surface area contributed by atoms with E-state index >= 15 is 0 Å². The molecule has 0 amide bonds. The second-order valence-corrected chi connectivity index (χ2v) is 6.16.